The summed E-state index contributed by atoms with van der Waals surface area (Å²) in [6.07, 6.45) is 2.05. The average Bonchev–Trinajstić information content (AvgIpc) is 2.14. The number of hydrogen-bond donors (Lipinski definition) is 3. The molecule has 15 heavy (non-hydrogen) atoms. The lowest BCUT2D eigenvalue weighted by molar-refractivity contribution is 0.251. The third-order valence-electron chi connectivity index (χ3n) is 2.50. The van der Waals surface area contributed by atoms with Crippen LogP contribution in [0.2, 0.25) is 0 Å². The molecule has 0 bridgehead atoms. The largest absolute Gasteiger partial charge is 0.396 e. The summed E-state index contributed by atoms with van der Waals surface area (Å²) in [5, 5.41) is 15.7. The van der Waals surface area contributed by atoms with Crippen molar-refractivity contribution < 1.29 is 5.11 Å². The molecule has 1 atom stereocenters. The van der Waals surface area contributed by atoms with Gasteiger partial charge in [-0.1, -0.05) is 13.3 Å². The minimum atomic E-state index is 0.205. The topological polar surface area (TPSA) is 44.3 Å². The van der Waals surface area contributed by atoms with E-state index in [0.717, 1.165) is 32.5 Å². The molecule has 3 N–H and O–H groups in total. The van der Waals surface area contributed by atoms with Gasteiger partial charge in [-0.3, -0.25) is 0 Å². The van der Waals surface area contributed by atoms with E-state index in [1.807, 2.05) is 0 Å². The van der Waals surface area contributed by atoms with Crippen LogP contribution in [0.1, 0.15) is 40.5 Å². The molecule has 3 nitrogen and oxygen atoms in total. The summed E-state index contributed by atoms with van der Waals surface area (Å²) in [5.41, 5.74) is 0.205. The van der Waals surface area contributed by atoms with Gasteiger partial charge in [-0.2, -0.15) is 0 Å². The van der Waals surface area contributed by atoms with Gasteiger partial charge >= 0.3 is 0 Å². The van der Waals surface area contributed by atoms with Gasteiger partial charge < -0.3 is 15.7 Å². The first-order chi connectivity index (χ1) is 6.99. The fourth-order valence-electron chi connectivity index (χ4n) is 1.47. The minimum Gasteiger partial charge on any atom is -0.396 e. The maximum atomic E-state index is 8.84. The van der Waals surface area contributed by atoms with Crippen molar-refractivity contribution in [1.82, 2.24) is 10.6 Å². The molecule has 0 radical (unpaired) electrons. The van der Waals surface area contributed by atoms with Crippen molar-refractivity contribution in [3.8, 4) is 0 Å². The van der Waals surface area contributed by atoms with E-state index < -0.39 is 0 Å². The van der Waals surface area contributed by atoms with Gasteiger partial charge in [-0.15, -0.1) is 0 Å². The highest BCUT2D eigenvalue weighted by Crippen LogP contribution is 2.05. The Morgan fingerprint density at radius 3 is 2.33 bits per heavy atom. The predicted molar refractivity (Wildman–Crippen MR) is 66.1 cm³/mol. The Kier molecular flexibility index (Phi) is 8.02. The first kappa shape index (κ1) is 14.9. The maximum absolute atomic E-state index is 8.84. The molecule has 0 rings (SSSR count). The van der Waals surface area contributed by atoms with Crippen LogP contribution >= 0.6 is 0 Å². The maximum Gasteiger partial charge on any atom is 0.0434 e. The zero-order valence-electron chi connectivity index (χ0n) is 10.8. The second-order valence-electron chi connectivity index (χ2n) is 5.17. The van der Waals surface area contributed by atoms with Crippen LogP contribution in [0, 0.1) is 5.92 Å². The summed E-state index contributed by atoms with van der Waals surface area (Å²) in [6.45, 7) is 12.0. The number of hydrogen-bond acceptors (Lipinski definition) is 3. The zero-order valence-corrected chi connectivity index (χ0v) is 10.8. The Morgan fingerprint density at radius 1 is 1.20 bits per heavy atom. The highest BCUT2D eigenvalue weighted by atomic mass is 16.3. The average molecular weight is 216 g/mol. The van der Waals surface area contributed by atoms with Crippen LogP contribution in [0.4, 0.5) is 0 Å². The molecule has 0 aromatic carbocycles. The smallest absolute Gasteiger partial charge is 0.0434 e. The lowest BCUT2D eigenvalue weighted by atomic mass is 10.0. The first-order valence-electron chi connectivity index (χ1n) is 6.06. The molecule has 92 valence electrons. The van der Waals surface area contributed by atoms with Crippen molar-refractivity contribution in [2.45, 2.75) is 46.1 Å². The molecule has 0 aliphatic heterocycles. The Labute approximate surface area is 94.6 Å². The summed E-state index contributed by atoms with van der Waals surface area (Å²) in [5.74, 6) is 0.615. The van der Waals surface area contributed by atoms with Gasteiger partial charge in [0.2, 0.25) is 0 Å². The van der Waals surface area contributed by atoms with Crippen molar-refractivity contribution >= 4 is 0 Å². The second kappa shape index (κ2) is 8.08. The van der Waals surface area contributed by atoms with Crippen molar-refractivity contribution in [2.24, 2.45) is 5.92 Å². The molecule has 0 aliphatic rings. The Morgan fingerprint density at radius 2 is 1.87 bits per heavy atom. The molecule has 0 saturated heterocycles. The molecule has 0 saturated carbocycles. The first-order valence-corrected chi connectivity index (χ1v) is 6.06. The molecule has 0 aromatic heterocycles. The molecular weight excluding hydrogens is 188 g/mol. The third-order valence-corrected chi connectivity index (χ3v) is 2.50. The molecule has 0 spiro atoms. The van der Waals surface area contributed by atoms with E-state index in [4.69, 9.17) is 5.11 Å². The molecule has 1 unspecified atom stereocenters. The normalized spacial score (nSPS) is 14.2. The molecule has 0 amide bonds. The fourth-order valence-corrected chi connectivity index (χ4v) is 1.47. The monoisotopic (exact) mass is 216 g/mol. The molecule has 0 aliphatic carbocycles. The molecule has 0 aromatic rings. The van der Waals surface area contributed by atoms with E-state index >= 15 is 0 Å². The van der Waals surface area contributed by atoms with E-state index in [1.165, 1.54) is 0 Å². The Hall–Kier alpha value is -0.120. The quantitative estimate of drug-likeness (QED) is 0.537. The van der Waals surface area contributed by atoms with Crippen LogP contribution in [0.3, 0.4) is 0 Å². The lowest BCUT2D eigenvalue weighted by Crippen LogP contribution is -2.40. The Balaban J connectivity index is 3.36. The van der Waals surface area contributed by atoms with Crippen molar-refractivity contribution in [2.75, 3.05) is 26.2 Å². The summed E-state index contributed by atoms with van der Waals surface area (Å²) in [6, 6.07) is 0. The fraction of sp³-hybridized carbons (Fsp3) is 1.00. The number of aliphatic hydroxyl groups is 1. The summed E-state index contributed by atoms with van der Waals surface area (Å²) >= 11 is 0. The summed E-state index contributed by atoms with van der Waals surface area (Å²) < 4.78 is 0. The highest BCUT2D eigenvalue weighted by Gasteiger charge is 2.08. The van der Waals surface area contributed by atoms with Crippen molar-refractivity contribution in [3.05, 3.63) is 0 Å². The van der Waals surface area contributed by atoms with Crippen LogP contribution in [0.15, 0.2) is 0 Å². The molecule has 3 heteroatoms. The lowest BCUT2D eigenvalue weighted by Gasteiger charge is -2.21. The van der Waals surface area contributed by atoms with Crippen LogP contribution in [-0.2, 0) is 0 Å². The SMILES string of the molecule is CCC(CCO)CNCCNC(C)(C)C. The van der Waals surface area contributed by atoms with E-state index in [0.29, 0.717) is 12.5 Å². The van der Waals surface area contributed by atoms with Gasteiger partial charge in [0.05, 0.1) is 0 Å². The van der Waals surface area contributed by atoms with E-state index in [-0.39, 0.29) is 5.54 Å². The van der Waals surface area contributed by atoms with Crippen molar-refractivity contribution in [1.29, 1.82) is 0 Å². The van der Waals surface area contributed by atoms with Crippen LogP contribution in [0.25, 0.3) is 0 Å². The van der Waals surface area contributed by atoms with E-state index in [9.17, 15) is 0 Å². The van der Waals surface area contributed by atoms with E-state index in [1.54, 1.807) is 0 Å². The minimum absolute atomic E-state index is 0.205. The van der Waals surface area contributed by atoms with Gasteiger partial charge in [-0.05, 0) is 39.7 Å². The van der Waals surface area contributed by atoms with Gasteiger partial charge in [0.25, 0.3) is 0 Å². The highest BCUT2D eigenvalue weighted by molar-refractivity contribution is 4.70. The molecule has 0 heterocycles. The number of aliphatic hydroxyl groups excluding tert-OH is 1. The van der Waals surface area contributed by atoms with Gasteiger partial charge in [0.15, 0.2) is 0 Å². The van der Waals surface area contributed by atoms with Crippen LogP contribution in [0.5, 0.6) is 0 Å². The second-order valence-corrected chi connectivity index (χ2v) is 5.17. The number of nitrogens with one attached hydrogen (secondary N) is 2. The Bertz CT molecular complexity index is 143. The van der Waals surface area contributed by atoms with Crippen LogP contribution < -0.4 is 10.6 Å². The summed E-state index contributed by atoms with van der Waals surface area (Å²) in [4.78, 5) is 0. The number of rotatable bonds is 8. The van der Waals surface area contributed by atoms with E-state index in [2.05, 4.69) is 38.3 Å². The van der Waals surface area contributed by atoms with Gasteiger partial charge in [-0.25, -0.2) is 0 Å². The van der Waals surface area contributed by atoms with Gasteiger partial charge in [0, 0.05) is 25.2 Å². The van der Waals surface area contributed by atoms with Crippen molar-refractivity contribution in [3.63, 3.8) is 0 Å². The predicted octanol–water partition coefficient (Wildman–Crippen LogP) is 1.37. The standard InChI is InChI=1S/C12H28N2O/c1-5-11(6-9-15)10-13-7-8-14-12(2,3)4/h11,13-15H,5-10H2,1-4H3. The molecular formula is C12H28N2O. The summed E-state index contributed by atoms with van der Waals surface area (Å²) in [7, 11) is 0. The van der Waals surface area contributed by atoms with Crippen LogP contribution in [-0.4, -0.2) is 36.9 Å². The van der Waals surface area contributed by atoms with Gasteiger partial charge in [0.1, 0.15) is 0 Å². The molecule has 0 fully saturated rings. The third kappa shape index (κ3) is 10.2. The zero-order chi connectivity index (χ0) is 11.7.